The van der Waals surface area contributed by atoms with E-state index in [1.165, 1.54) is 13.1 Å². The van der Waals surface area contributed by atoms with Gasteiger partial charge in [0.05, 0.1) is 0 Å². The highest BCUT2D eigenvalue weighted by Gasteiger charge is 2.26. The molecule has 0 spiro atoms. The van der Waals surface area contributed by atoms with E-state index in [4.69, 9.17) is 0 Å². The highest BCUT2D eigenvalue weighted by molar-refractivity contribution is 6.16. The lowest BCUT2D eigenvalue weighted by atomic mass is 10.1. The largest absolute Gasteiger partial charge is 0.278 e. The zero-order valence-corrected chi connectivity index (χ0v) is 7.26. The van der Waals surface area contributed by atoms with Crippen molar-refractivity contribution in [3.63, 3.8) is 0 Å². The molecular formula is C9H11NO2. The summed E-state index contributed by atoms with van der Waals surface area (Å²) in [6.45, 7) is 5.51. The molecule has 12 heavy (non-hydrogen) atoms. The molecule has 1 aliphatic heterocycles. The van der Waals surface area contributed by atoms with Crippen molar-refractivity contribution in [2.24, 2.45) is 0 Å². The number of hydrogen-bond donors (Lipinski definition) is 0. The summed E-state index contributed by atoms with van der Waals surface area (Å²) in [4.78, 5) is 23.3. The first kappa shape index (κ1) is 8.71. The van der Waals surface area contributed by atoms with Crippen LogP contribution in [0.2, 0.25) is 0 Å². The molecule has 0 radical (unpaired) electrons. The lowest BCUT2D eigenvalue weighted by Crippen LogP contribution is -2.26. The first-order chi connectivity index (χ1) is 5.52. The molecule has 3 heteroatoms. The van der Waals surface area contributed by atoms with Crippen molar-refractivity contribution in [3.8, 4) is 0 Å². The highest BCUT2D eigenvalue weighted by atomic mass is 16.2. The molecular weight excluding hydrogens is 154 g/mol. The lowest BCUT2D eigenvalue weighted by Gasteiger charge is -2.06. The van der Waals surface area contributed by atoms with Crippen LogP contribution < -0.4 is 0 Å². The Morgan fingerprint density at radius 1 is 1.58 bits per heavy atom. The van der Waals surface area contributed by atoms with Gasteiger partial charge >= 0.3 is 0 Å². The van der Waals surface area contributed by atoms with Crippen LogP contribution >= 0.6 is 0 Å². The van der Waals surface area contributed by atoms with Crippen LogP contribution in [0, 0.1) is 0 Å². The van der Waals surface area contributed by atoms with Crippen molar-refractivity contribution in [2.45, 2.75) is 13.3 Å². The fourth-order valence-electron chi connectivity index (χ4n) is 1.07. The minimum absolute atomic E-state index is 0.206. The van der Waals surface area contributed by atoms with Gasteiger partial charge in [0.15, 0.2) is 0 Å². The number of rotatable bonds is 2. The second-order valence-electron chi connectivity index (χ2n) is 3.01. The zero-order chi connectivity index (χ0) is 9.30. The van der Waals surface area contributed by atoms with Gasteiger partial charge in [-0.3, -0.25) is 14.5 Å². The predicted octanol–water partition coefficient (Wildman–Crippen LogP) is 0.878. The third kappa shape index (κ3) is 1.44. The third-order valence-corrected chi connectivity index (χ3v) is 1.70. The predicted molar refractivity (Wildman–Crippen MR) is 45.3 cm³/mol. The van der Waals surface area contributed by atoms with E-state index in [-0.39, 0.29) is 11.8 Å². The molecule has 0 bridgehead atoms. The van der Waals surface area contributed by atoms with Crippen LogP contribution in [0.1, 0.15) is 13.3 Å². The van der Waals surface area contributed by atoms with Crippen molar-refractivity contribution in [2.75, 3.05) is 7.05 Å². The first-order valence-electron chi connectivity index (χ1n) is 3.69. The summed E-state index contributed by atoms with van der Waals surface area (Å²) in [5.74, 6) is -0.445. The SMILES string of the molecule is C=C(C)CC1=CC(=O)N(C)C1=O. The minimum atomic E-state index is -0.240. The van der Waals surface area contributed by atoms with Crippen LogP contribution in [0.25, 0.3) is 0 Å². The third-order valence-electron chi connectivity index (χ3n) is 1.70. The van der Waals surface area contributed by atoms with Crippen molar-refractivity contribution in [1.29, 1.82) is 0 Å². The molecule has 0 fully saturated rings. The van der Waals surface area contributed by atoms with E-state index in [1.54, 1.807) is 0 Å². The Morgan fingerprint density at radius 3 is 2.50 bits per heavy atom. The number of carbonyl (C=O) groups is 2. The van der Waals surface area contributed by atoms with Gasteiger partial charge in [-0.15, -0.1) is 0 Å². The Hall–Kier alpha value is -1.38. The molecule has 0 aromatic carbocycles. The molecule has 0 aliphatic carbocycles. The first-order valence-corrected chi connectivity index (χ1v) is 3.69. The Morgan fingerprint density at radius 2 is 2.17 bits per heavy atom. The molecule has 64 valence electrons. The highest BCUT2D eigenvalue weighted by Crippen LogP contribution is 2.17. The topological polar surface area (TPSA) is 37.4 Å². The number of imide groups is 1. The van der Waals surface area contributed by atoms with E-state index < -0.39 is 0 Å². The Labute approximate surface area is 71.4 Å². The van der Waals surface area contributed by atoms with Crippen LogP contribution in [0.4, 0.5) is 0 Å². The molecule has 0 aromatic rings. The van der Waals surface area contributed by atoms with Gasteiger partial charge in [0.2, 0.25) is 0 Å². The van der Waals surface area contributed by atoms with Gasteiger partial charge in [0.25, 0.3) is 11.8 Å². The van der Waals surface area contributed by atoms with Crippen molar-refractivity contribution >= 4 is 11.8 Å². The number of allylic oxidation sites excluding steroid dienone is 1. The molecule has 0 aromatic heterocycles. The Kier molecular flexibility index (Phi) is 2.13. The van der Waals surface area contributed by atoms with Gasteiger partial charge < -0.3 is 0 Å². The van der Waals surface area contributed by atoms with Gasteiger partial charge in [0.1, 0.15) is 0 Å². The lowest BCUT2D eigenvalue weighted by molar-refractivity contribution is -0.135. The average Bonchev–Trinajstić information content (AvgIpc) is 2.17. The average molecular weight is 165 g/mol. The summed E-state index contributed by atoms with van der Waals surface area (Å²) in [5, 5.41) is 0. The van der Waals surface area contributed by atoms with E-state index in [0.717, 1.165) is 10.5 Å². The molecule has 0 saturated carbocycles. The minimum Gasteiger partial charge on any atom is -0.278 e. The van der Waals surface area contributed by atoms with Gasteiger partial charge in [-0.2, -0.15) is 0 Å². The summed E-state index contributed by atoms with van der Waals surface area (Å²) < 4.78 is 0. The fourth-order valence-corrected chi connectivity index (χ4v) is 1.07. The number of carbonyl (C=O) groups excluding carboxylic acids is 2. The molecule has 3 nitrogen and oxygen atoms in total. The fraction of sp³-hybridized carbons (Fsp3) is 0.333. The van der Waals surface area contributed by atoms with Gasteiger partial charge in [-0.1, -0.05) is 12.2 Å². The second kappa shape index (κ2) is 2.93. The molecule has 0 saturated heterocycles. The van der Waals surface area contributed by atoms with Gasteiger partial charge in [-0.25, -0.2) is 0 Å². The normalized spacial score (nSPS) is 16.8. The van der Waals surface area contributed by atoms with E-state index in [0.29, 0.717) is 12.0 Å². The molecule has 1 rings (SSSR count). The maximum absolute atomic E-state index is 11.2. The quantitative estimate of drug-likeness (QED) is 0.450. The number of amides is 2. The summed E-state index contributed by atoms with van der Waals surface area (Å²) in [7, 11) is 1.48. The summed E-state index contributed by atoms with van der Waals surface area (Å²) in [5.41, 5.74) is 1.42. The van der Waals surface area contributed by atoms with E-state index in [2.05, 4.69) is 6.58 Å². The van der Waals surface area contributed by atoms with E-state index in [9.17, 15) is 9.59 Å². The van der Waals surface area contributed by atoms with Crippen LogP contribution in [0.15, 0.2) is 23.8 Å². The zero-order valence-electron chi connectivity index (χ0n) is 7.26. The van der Waals surface area contributed by atoms with Crippen molar-refractivity contribution in [1.82, 2.24) is 4.90 Å². The Bertz CT molecular complexity index is 289. The van der Waals surface area contributed by atoms with Gasteiger partial charge in [-0.05, 0) is 13.3 Å². The Balaban J connectivity index is 2.80. The molecule has 1 heterocycles. The monoisotopic (exact) mass is 165 g/mol. The standard InChI is InChI=1S/C9H11NO2/c1-6(2)4-7-5-8(11)10(3)9(7)12/h5H,1,4H2,2-3H3. The maximum atomic E-state index is 11.2. The number of hydrogen-bond acceptors (Lipinski definition) is 2. The smallest absolute Gasteiger partial charge is 0.256 e. The summed E-state index contributed by atoms with van der Waals surface area (Å²) in [6, 6.07) is 0. The van der Waals surface area contributed by atoms with Crippen LogP contribution in [-0.4, -0.2) is 23.8 Å². The summed E-state index contributed by atoms with van der Waals surface area (Å²) in [6.07, 6.45) is 1.87. The van der Waals surface area contributed by atoms with E-state index >= 15 is 0 Å². The number of nitrogens with zero attached hydrogens (tertiary/aromatic N) is 1. The van der Waals surface area contributed by atoms with Crippen molar-refractivity contribution < 1.29 is 9.59 Å². The van der Waals surface area contributed by atoms with Crippen LogP contribution in [0.3, 0.4) is 0 Å². The molecule has 0 unspecified atom stereocenters. The second-order valence-corrected chi connectivity index (χ2v) is 3.01. The van der Waals surface area contributed by atoms with Crippen LogP contribution in [-0.2, 0) is 9.59 Å². The molecule has 2 amide bonds. The van der Waals surface area contributed by atoms with Crippen LogP contribution in [0.5, 0.6) is 0 Å². The molecule has 0 N–H and O–H groups in total. The maximum Gasteiger partial charge on any atom is 0.256 e. The van der Waals surface area contributed by atoms with Crippen molar-refractivity contribution in [3.05, 3.63) is 23.8 Å². The number of likely N-dealkylation sites (N-methyl/N-ethyl adjacent to an activating group) is 1. The van der Waals surface area contributed by atoms with E-state index in [1.807, 2.05) is 6.92 Å². The molecule has 1 aliphatic rings. The summed E-state index contributed by atoms with van der Waals surface area (Å²) >= 11 is 0. The van der Waals surface area contributed by atoms with Gasteiger partial charge in [0, 0.05) is 18.7 Å². The molecule has 0 atom stereocenters.